The first-order valence-electron chi connectivity index (χ1n) is 7.21. The zero-order valence-electron chi connectivity index (χ0n) is 12.3. The first kappa shape index (κ1) is 17.7. The quantitative estimate of drug-likeness (QED) is 0.624. The summed E-state index contributed by atoms with van der Waals surface area (Å²) < 4.78 is 23.1. The molecule has 1 saturated heterocycles. The molecular weight excluding hydrogens is 300 g/mol. The number of hydrogen-bond donors (Lipinski definition) is 0. The van der Waals surface area contributed by atoms with Crippen LogP contribution in [0, 0.1) is 0 Å². The van der Waals surface area contributed by atoms with Crippen LogP contribution in [0.2, 0.25) is 0 Å². The van der Waals surface area contributed by atoms with Crippen molar-refractivity contribution in [1.82, 2.24) is 9.80 Å². The minimum Gasteiger partial charge on any atom is -0.338 e. The molecule has 7 heteroatoms. The van der Waals surface area contributed by atoms with Crippen LogP contribution >= 0.6 is 11.6 Å². The summed E-state index contributed by atoms with van der Waals surface area (Å²) >= 11 is 5.64. The molecule has 118 valence electrons. The Balaban J connectivity index is 2.55. The molecule has 0 aromatic heterocycles. The van der Waals surface area contributed by atoms with Crippen LogP contribution in [0.15, 0.2) is 0 Å². The molecule has 0 aromatic carbocycles. The lowest BCUT2D eigenvalue weighted by atomic mass is 10.2. The number of rotatable bonds is 8. The number of hydrogen-bond acceptors (Lipinski definition) is 4. The molecule has 0 aromatic rings. The van der Waals surface area contributed by atoms with Crippen molar-refractivity contribution in [3.8, 4) is 0 Å². The van der Waals surface area contributed by atoms with E-state index in [-0.39, 0.29) is 29.3 Å². The van der Waals surface area contributed by atoms with E-state index in [1.807, 2.05) is 0 Å². The molecule has 0 saturated carbocycles. The van der Waals surface area contributed by atoms with Crippen LogP contribution < -0.4 is 0 Å². The van der Waals surface area contributed by atoms with Crippen molar-refractivity contribution in [2.75, 3.05) is 43.6 Å². The van der Waals surface area contributed by atoms with Crippen molar-refractivity contribution in [2.45, 2.75) is 32.7 Å². The third kappa shape index (κ3) is 5.22. The summed E-state index contributed by atoms with van der Waals surface area (Å²) in [5.74, 6) is 0.0241. The molecule has 0 aliphatic carbocycles. The van der Waals surface area contributed by atoms with Gasteiger partial charge in [0.2, 0.25) is 5.91 Å². The van der Waals surface area contributed by atoms with E-state index in [1.54, 1.807) is 4.90 Å². The van der Waals surface area contributed by atoms with Crippen LogP contribution in [-0.2, 0) is 14.6 Å². The fourth-order valence-electron chi connectivity index (χ4n) is 2.61. The lowest BCUT2D eigenvalue weighted by Crippen LogP contribution is -2.43. The van der Waals surface area contributed by atoms with Crippen LogP contribution in [0.4, 0.5) is 0 Å². The number of alkyl halides is 1. The number of amides is 1. The first-order valence-corrected chi connectivity index (χ1v) is 9.57. The summed E-state index contributed by atoms with van der Waals surface area (Å²) in [6.07, 6.45) is 1.39. The number of carbonyl (C=O) groups is 1. The van der Waals surface area contributed by atoms with Gasteiger partial charge < -0.3 is 9.80 Å². The van der Waals surface area contributed by atoms with Crippen molar-refractivity contribution in [3.63, 3.8) is 0 Å². The zero-order chi connectivity index (χ0) is 15.2. The standard InChI is InChI=1S/C13H25ClN2O3S/c1-3-15(4-2)7-5-8-16(13(17)10-14)12-6-9-20(18,19)11-12/h12H,3-11H2,1-2H3/t12-/m0/s1. The first-order chi connectivity index (χ1) is 9.43. The third-order valence-corrected chi connectivity index (χ3v) is 5.83. The van der Waals surface area contributed by atoms with E-state index in [9.17, 15) is 13.2 Å². The van der Waals surface area contributed by atoms with Gasteiger partial charge in [-0.1, -0.05) is 13.8 Å². The molecule has 0 unspecified atom stereocenters. The maximum atomic E-state index is 11.9. The van der Waals surface area contributed by atoms with E-state index in [4.69, 9.17) is 11.6 Å². The van der Waals surface area contributed by atoms with Crippen LogP contribution in [0.5, 0.6) is 0 Å². The van der Waals surface area contributed by atoms with Crippen LogP contribution in [0.1, 0.15) is 26.7 Å². The average Bonchev–Trinajstić information content (AvgIpc) is 2.78. The summed E-state index contributed by atoms with van der Waals surface area (Å²) in [6.45, 7) is 7.68. The molecule has 5 nitrogen and oxygen atoms in total. The highest BCUT2D eigenvalue weighted by Gasteiger charge is 2.34. The Hall–Kier alpha value is -0.330. The van der Waals surface area contributed by atoms with Gasteiger partial charge in [-0.3, -0.25) is 4.79 Å². The Bertz CT molecular complexity index is 410. The topological polar surface area (TPSA) is 57.7 Å². The Kier molecular flexibility index (Phi) is 7.26. The maximum Gasteiger partial charge on any atom is 0.237 e. The highest BCUT2D eigenvalue weighted by Crippen LogP contribution is 2.18. The van der Waals surface area contributed by atoms with Gasteiger partial charge in [-0.15, -0.1) is 11.6 Å². The Morgan fingerprint density at radius 1 is 1.25 bits per heavy atom. The highest BCUT2D eigenvalue weighted by molar-refractivity contribution is 7.91. The van der Waals surface area contributed by atoms with Crippen LogP contribution in [0.25, 0.3) is 0 Å². The van der Waals surface area contributed by atoms with Gasteiger partial charge in [0.1, 0.15) is 5.88 Å². The summed E-state index contributed by atoms with van der Waals surface area (Å²) in [6, 6.07) is -0.192. The Morgan fingerprint density at radius 2 is 1.90 bits per heavy atom. The molecule has 20 heavy (non-hydrogen) atoms. The molecule has 0 bridgehead atoms. The monoisotopic (exact) mass is 324 g/mol. The second kappa shape index (κ2) is 8.20. The molecule has 1 atom stereocenters. The van der Waals surface area contributed by atoms with E-state index < -0.39 is 9.84 Å². The average molecular weight is 325 g/mol. The molecule has 1 amide bonds. The Labute approximate surface area is 127 Å². The van der Waals surface area contributed by atoms with E-state index in [0.29, 0.717) is 13.0 Å². The van der Waals surface area contributed by atoms with Gasteiger partial charge in [0.25, 0.3) is 0 Å². The molecular formula is C13H25ClN2O3S. The van der Waals surface area contributed by atoms with Crippen molar-refractivity contribution in [3.05, 3.63) is 0 Å². The molecule has 1 fully saturated rings. The molecule has 1 aliphatic heterocycles. The molecule has 0 spiro atoms. The lowest BCUT2D eigenvalue weighted by Gasteiger charge is -2.28. The molecule has 1 heterocycles. The lowest BCUT2D eigenvalue weighted by molar-refractivity contribution is -0.130. The smallest absolute Gasteiger partial charge is 0.237 e. The van der Waals surface area contributed by atoms with Crippen LogP contribution in [0.3, 0.4) is 0 Å². The van der Waals surface area contributed by atoms with Crippen molar-refractivity contribution >= 4 is 27.3 Å². The summed E-state index contributed by atoms with van der Waals surface area (Å²) in [4.78, 5) is 15.9. The minimum atomic E-state index is -2.98. The van der Waals surface area contributed by atoms with Crippen LogP contribution in [-0.4, -0.2) is 73.7 Å². The predicted octanol–water partition coefficient (Wildman–Crippen LogP) is 0.973. The van der Waals surface area contributed by atoms with Gasteiger partial charge in [-0.25, -0.2) is 8.42 Å². The number of halogens is 1. The van der Waals surface area contributed by atoms with Crippen molar-refractivity contribution in [1.29, 1.82) is 0 Å². The van der Waals surface area contributed by atoms with E-state index >= 15 is 0 Å². The largest absolute Gasteiger partial charge is 0.338 e. The molecule has 0 N–H and O–H groups in total. The number of carbonyl (C=O) groups excluding carboxylic acids is 1. The molecule has 1 aliphatic rings. The van der Waals surface area contributed by atoms with Crippen molar-refractivity contribution in [2.24, 2.45) is 0 Å². The normalized spacial score (nSPS) is 21.3. The summed E-state index contributed by atoms with van der Waals surface area (Å²) in [5, 5.41) is 0. The van der Waals surface area contributed by atoms with Gasteiger partial charge in [0.05, 0.1) is 11.5 Å². The summed E-state index contributed by atoms with van der Waals surface area (Å²) in [7, 11) is -2.98. The fraction of sp³-hybridized carbons (Fsp3) is 0.923. The van der Waals surface area contributed by atoms with Crippen molar-refractivity contribution < 1.29 is 13.2 Å². The van der Waals surface area contributed by atoms with E-state index in [1.165, 1.54) is 0 Å². The van der Waals surface area contributed by atoms with E-state index in [0.717, 1.165) is 26.1 Å². The number of sulfone groups is 1. The SMILES string of the molecule is CCN(CC)CCCN(C(=O)CCl)[C@H]1CCS(=O)(=O)C1. The zero-order valence-corrected chi connectivity index (χ0v) is 13.9. The second-order valence-electron chi connectivity index (χ2n) is 5.16. The second-order valence-corrected chi connectivity index (χ2v) is 7.65. The maximum absolute atomic E-state index is 11.9. The van der Waals surface area contributed by atoms with Gasteiger partial charge in [0, 0.05) is 12.6 Å². The van der Waals surface area contributed by atoms with Gasteiger partial charge in [-0.2, -0.15) is 0 Å². The Morgan fingerprint density at radius 3 is 2.35 bits per heavy atom. The molecule has 0 radical (unpaired) electrons. The van der Waals surface area contributed by atoms with E-state index in [2.05, 4.69) is 18.7 Å². The number of nitrogens with zero attached hydrogens (tertiary/aromatic N) is 2. The van der Waals surface area contributed by atoms with Gasteiger partial charge in [-0.05, 0) is 32.5 Å². The third-order valence-electron chi connectivity index (χ3n) is 3.85. The summed E-state index contributed by atoms with van der Waals surface area (Å²) in [5.41, 5.74) is 0. The minimum absolute atomic E-state index is 0.0815. The fourth-order valence-corrected chi connectivity index (χ4v) is 4.50. The van der Waals surface area contributed by atoms with Gasteiger partial charge >= 0.3 is 0 Å². The molecule has 1 rings (SSSR count). The predicted molar refractivity (Wildman–Crippen MR) is 81.9 cm³/mol. The van der Waals surface area contributed by atoms with Gasteiger partial charge in [0.15, 0.2) is 9.84 Å². The highest BCUT2D eigenvalue weighted by atomic mass is 35.5.